The molecule has 1 heterocycles. The maximum atomic E-state index is 10.5. The van der Waals surface area contributed by atoms with Crippen molar-refractivity contribution in [2.75, 3.05) is 13.2 Å². The van der Waals surface area contributed by atoms with Gasteiger partial charge in [-0.15, -0.1) is 10.1 Å². The molecular weight excluding hydrogens is 242 g/mol. The summed E-state index contributed by atoms with van der Waals surface area (Å²) in [6, 6.07) is 8.43. The fourth-order valence-electron chi connectivity index (χ4n) is 1.77. The van der Waals surface area contributed by atoms with E-state index in [1.54, 1.807) is 30.3 Å². The maximum Gasteiger partial charge on any atom is 0.295 e. The normalized spacial score (nSPS) is 19.4. The van der Waals surface area contributed by atoms with E-state index in [2.05, 4.69) is 4.84 Å². The van der Waals surface area contributed by atoms with Crippen LogP contribution in [0.4, 0.5) is 0 Å². The summed E-state index contributed by atoms with van der Waals surface area (Å²) in [7, 11) is 0. The molecule has 7 nitrogen and oxygen atoms in total. The van der Waals surface area contributed by atoms with Crippen molar-refractivity contribution in [1.82, 2.24) is 0 Å². The van der Waals surface area contributed by atoms with E-state index in [1.165, 1.54) is 0 Å². The topological polar surface area (TPSA) is 91.1 Å². The highest BCUT2D eigenvalue weighted by Gasteiger charge is 2.35. The molecular formula is C11H13NO6. The van der Waals surface area contributed by atoms with Gasteiger partial charge in [-0.2, -0.15) is 0 Å². The molecule has 0 amide bonds. The number of nitrogens with zero attached hydrogens (tertiary/aromatic N) is 1. The van der Waals surface area contributed by atoms with Gasteiger partial charge in [-0.3, -0.25) is 0 Å². The minimum atomic E-state index is -1.26. The molecule has 1 fully saturated rings. The zero-order valence-electron chi connectivity index (χ0n) is 9.47. The Morgan fingerprint density at radius 1 is 1.33 bits per heavy atom. The smallest absolute Gasteiger partial charge is 0.295 e. The first-order valence-electron chi connectivity index (χ1n) is 5.46. The van der Waals surface area contributed by atoms with Crippen molar-refractivity contribution in [2.45, 2.75) is 18.5 Å². The van der Waals surface area contributed by atoms with Gasteiger partial charge in [0.05, 0.1) is 13.2 Å². The van der Waals surface area contributed by atoms with Gasteiger partial charge in [0.2, 0.25) is 0 Å². The molecule has 0 radical (unpaired) electrons. The standard InChI is InChI=1S/C11H13NO6/c13-9(11-16-6-7-17-11)10(18-12(14)15)8-4-2-1-3-5-8/h1-5,9-11,13H,6-7H2/t9-,10+/m0/s1. The second-order valence-corrected chi connectivity index (χ2v) is 3.76. The van der Waals surface area contributed by atoms with Crippen molar-refractivity contribution in [3.63, 3.8) is 0 Å². The van der Waals surface area contributed by atoms with Crippen molar-refractivity contribution in [3.8, 4) is 0 Å². The van der Waals surface area contributed by atoms with E-state index in [-0.39, 0.29) is 0 Å². The summed E-state index contributed by atoms with van der Waals surface area (Å²) in [5.41, 5.74) is 0.487. The second kappa shape index (κ2) is 5.76. The molecule has 0 spiro atoms. The van der Waals surface area contributed by atoms with Crippen LogP contribution >= 0.6 is 0 Å². The number of aliphatic hydroxyl groups is 1. The predicted molar refractivity (Wildman–Crippen MR) is 59.0 cm³/mol. The van der Waals surface area contributed by atoms with Crippen molar-refractivity contribution < 1.29 is 24.5 Å². The molecule has 0 saturated carbocycles. The Balaban J connectivity index is 2.16. The van der Waals surface area contributed by atoms with Crippen molar-refractivity contribution in [1.29, 1.82) is 0 Å². The van der Waals surface area contributed by atoms with E-state index in [9.17, 15) is 15.2 Å². The largest absolute Gasteiger partial charge is 0.385 e. The van der Waals surface area contributed by atoms with E-state index in [0.29, 0.717) is 18.8 Å². The van der Waals surface area contributed by atoms with Gasteiger partial charge < -0.3 is 19.4 Å². The number of hydrogen-bond donors (Lipinski definition) is 1. The third-order valence-electron chi connectivity index (χ3n) is 2.56. The average molecular weight is 255 g/mol. The highest BCUT2D eigenvalue weighted by atomic mass is 17.0. The number of rotatable bonds is 5. The van der Waals surface area contributed by atoms with Crippen LogP contribution in [-0.2, 0) is 14.3 Å². The summed E-state index contributed by atoms with van der Waals surface area (Å²) >= 11 is 0. The van der Waals surface area contributed by atoms with Crippen LogP contribution < -0.4 is 0 Å². The Labute approximate surface area is 103 Å². The highest BCUT2D eigenvalue weighted by molar-refractivity contribution is 5.18. The molecule has 98 valence electrons. The van der Waals surface area contributed by atoms with Crippen LogP contribution in [0.1, 0.15) is 11.7 Å². The van der Waals surface area contributed by atoms with Crippen molar-refractivity contribution in [3.05, 3.63) is 46.0 Å². The molecule has 1 N–H and O–H groups in total. The minimum absolute atomic E-state index is 0.349. The summed E-state index contributed by atoms with van der Waals surface area (Å²) in [5, 5.41) is 19.6. The lowest BCUT2D eigenvalue weighted by atomic mass is 10.0. The highest BCUT2D eigenvalue weighted by Crippen LogP contribution is 2.26. The quantitative estimate of drug-likeness (QED) is 0.614. The Morgan fingerprint density at radius 3 is 2.50 bits per heavy atom. The van der Waals surface area contributed by atoms with Gasteiger partial charge in [-0.25, -0.2) is 0 Å². The molecule has 0 unspecified atom stereocenters. The average Bonchev–Trinajstić information content (AvgIpc) is 2.90. The Morgan fingerprint density at radius 2 is 1.94 bits per heavy atom. The van der Waals surface area contributed by atoms with Gasteiger partial charge >= 0.3 is 0 Å². The summed E-state index contributed by atoms with van der Waals surface area (Å²) in [6.07, 6.45) is -3.31. The fourth-order valence-corrected chi connectivity index (χ4v) is 1.77. The van der Waals surface area contributed by atoms with E-state index >= 15 is 0 Å². The number of ether oxygens (including phenoxy) is 2. The third-order valence-corrected chi connectivity index (χ3v) is 2.56. The zero-order chi connectivity index (χ0) is 13.0. The lowest BCUT2D eigenvalue weighted by Gasteiger charge is -2.24. The monoisotopic (exact) mass is 255 g/mol. The van der Waals surface area contributed by atoms with Gasteiger partial charge in [-0.05, 0) is 5.56 Å². The van der Waals surface area contributed by atoms with Gasteiger partial charge in [0.1, 0.15) is 6.10 Å². The first-order valence-corrected chi connectivity index (χ1v) is 5.46. The SMILES string of the molecule is O=[N+]([O-])O[C@H](c1ccccc1)[C@H](O)C1OCCO1. The van der Waals surface area contributed by atoms with Crippen molar-refractivity contribution >= 4 is 0 Å². The van der Waals surface area contributed by atoms with Gasteiger partial charge in [0, 0.05) is 0 Å². The number of benzene rings is 1. The van der Waals surface area contributed by atoms with Gasteiger partial charge in [-0.1, -0.05) is 30.3 Å². The second-order valence-electron chi connectivity index (χ2n) is 3.76. The summed E-state index contributed by atoms with van der Waals surface area (Å²) in [6.45, 7) is 0.698. The third kappa shape index (κ3) is 2.95. The molecule has 2 rings (SSSR count). The molecule has 0 bridgehead atoms. The Hall–Kier alpha value is -1.70. The number of aliphatic hydroxyl groups excluding tert-OH is 1. The predicted octanol–water partition coefficient (Wildman–Crippen LogP) is 0.670. The molecule has 1 aliphatic rings. The van der Waals surface area contributed by atoms with Crippen LogP contribution in [0, 0.1) is 10.1 Å². The van der Waals surface area contributed by atoms with E-state index < -0.39 is 23.6 Å². The van der Waals surface area contributed by atoms with Crippen LogP contribution in [0.3, 0.4) is 0 Å². The van der Waals surface area contributed by atoms with Crippen LogP contribution in [0.25, 0.3) is 0 Å². The van der Waals surface area contributed by atoms with Gasteiger partial charge in [0.25, 0.3) is 5.09 Å². The van der Waals surface area contributed by atoms with E-state index in [4.69, 9.17) is 9.47 Å². The lowest BCUT2D eigenvalue weighted by Crippen LogP contribution is -2.35. The first-order chi connectivity index (χ1) is 8.68. The molecule has 2 atom stereocenters. The fraction of sp³-hybridized carbons (Fsp3) is 0.455. The van der Waals surface area contributed by atoms with Crippen LogP contribution in [0.2, 0.25) is 0 Å². The molecule has 0 aliphatic carbocycles. The van der Waals surface area contributed by atoms with E-state index in [1.807, 2.05) is 0 Å². The maximum absolute atomic E-state index is 10.5. The summed E-state index contributed by atoms with van der Waals surface area (Å²) < 4.78 is 10.2. The zero-order valence-corrected chi connectivity index (χ0v) is 9.47. The Kier molecular flexibility index (Phi) is 4.08. The molecule has 1 aromatic rings. The van der Waals surface area contributed by atoms with Crippen LogP contribution in [0.5, 0.6) is 0 Å². The van der Waals surface area contributed by atoms with Crippen molar-refractivity contribution in [2.24, 2.45) is 0 Å². The molecule has 1 aliphatic heterocycles. The molecule has 0 aromatic heterocycles. The van der Waals surface area contributed by atoms with Gasteiger partial charge in [0.15, 0.2) is 12.4 Å². The molecule has 1 aromatic carbocycles. The lowest BCUT2D eigenvalue weighted by molar-refractivity contribution is -0.773. The molecule has 7 heteroatoms. The Bertz CT molecular complexity index is 392. The summed E-state index contributed by atoms with van der Waals surface area (Å²) in [4.78, 5) is 15.0. The first kappa shape index (κ1) is 12.7. The number of hydrogen-bond acceptors (Lipinski definition) is 6. The molecule has 18 heavy (non-hydrogen) atoms. The molecule has 1 saturated heterocycles. The van der Waals surface area contributed by atoms with E-state index in [0.717, 1.165) is 0 Å². The summed E-state index contributed by atoms with van der Waals surface area (Å²) in [5.74, 6) is 0. The van der Waals surface area contributed by atoms with Crippen LogP contribution in [0.15, 0.2) is 30.3 Å². The van der Waals surface area contributed by atoms with Crippen LogP contribution in [-0.4, -0.2) is 35.8 Å². The minimum Gasteiger partial charge on any atom is -0.385 e.